The van der Waals surface area contributed by atoms with Crippen molar-refractivity contribution in [3.8, 4) is 5.75 Å². The molecule has 1 aromatic carbocycles. The minimum atomic E-state index is -0.813. The van der Waals surface area contributed by atoms with E-state index in [0.29, 0.717) is 6.07 Å². The second kappa shape index (κ2) is 5.41. The molecule has 0 fully saturated rings. The normalized spacial score (nSPS) is 10.1. The molecule has 0 atom stereocenters. The van der Waals surface area contributed by atoms with Crippen LogP contribution in [0.4, 0.5) is 8.78 Å². The highest BCUT2D eigenvalue weighted by Crippen LogP contribution is 2.17. The molecule has 0 bridgehead atoms. The van der Waals surface area contributed by atoms with E-state index in [0.717, 1.165) is 12.1 Å². The van der Waals surface area contributed by atoms with Crippen LogP contribution in [0, 0.1) is 11.6 Å². The van der Waals surface area contributed by atoms with Gasteiger partial charge in [0.2, 0.25) is 0 Å². The summed E-state index contributed by atoms with van der Waals surface area (Å²) in [6, 6.07) is 2.91. The van der Waals surface area contributed by atoms with Gasteiger partial charge in [0.1, 0.15) is 12.4 Å². The molecule has 0 amide bonds. The molecule has 0 saturated heterocycles. The van der Waals surface area contributed by atoms with Gasteiger partial charge in [-0.05, 0) is 12.1 Å². The molecule has 1 rings (SSSR count). The zero-order valence-corrected chi connectivity index (χ0v) is 7.87. The van der Waals surface area contributed by atoms with E-state index in [1.807, 2.05) is 0 Å². The number of ether oxygens (including phenoxy) is 1. The van der Waals surface area contributed by atoms with Crippen molar-refractivity contribution in [1.29, 1.82) is 0 Å². The van der Waals surface area contributed by atoms with Gasteiger partial charge in [-0.1, -0.05) is 0 Å². The minimum Gasteiger partial charge on any atom is -0.490 e. The van der Waals surface area contributed by atoms with Crippen molar-refractivity contribution in [3.05, 3.63) is 29.8 Å². The number of Topliss-reactive ketones (excluding diaryl/α,β-unsaturated/α-hetero) is 1. The first-order chi connectivity index (χ1) is 7.13. The quantitative estimate of drug-likeness (QED) is 0.806. The maximum Gasteiger partial charge on any atom is 0.167 e. The summed E-state index contributed by atoms with van der Waals surface area (Å²) in [6.07, 6.45) is -0.00663. The van der Waals surface area contributed by atoms with Gasteiger partial charge >= 0.3 is 0 Å². The van der Waals surface area contributed by atoms with Crippen LogP contribution in [-0.4, -0.2) is 24.1 Å². The van der Waals surface area contributed by atoms with Crippen molar-refractivity contribution >= 4 is 5.78 Å². The fourth-order valence-electron chi connectivity index (χ4n) is 0.946. The van der Waals surface area contributed by atoms with Crippen molar-refractivity contribution < 1.29 is 23.4 Å². The zero-order chi connectivity index (χ0) is 11.3. The average molecular weight is 216 g/mol. The molecule has 82 valence electrons. The summed E-state index contributed by atoms with van der Waals surface area (Å²) in [4.78, 5) is 10.7. The second-order valence-electron chi connectivity index (χ2n) is 2.87. The van der Waals surface area contributed by atoms with E-state index in [1.54, 1.807) is 0 Å². The lowest BCUT2D eigenvalue weighted by Crippen LogP contribution is -2.10. The molecule has 0 unspecified atom stereocenters. The molecule has 0 heterocycles. The van der Waals surface area contributed by atoms with Crippen LogP contribution in [0.3, 0.4) is 0 Å². The average Bonchev–Trinajstić information content (AvgIpc) is 2.21. The Morgan fingerprint density at radius 2 is 2.13 bits per heavy atom. The van der Waals surface area contributed by atoms with Crippen LogP contribution >= 0.6 is 0 Å². The number of hydrogen-bond acceptors (Lipinski definition) is 3. The fourth-order valence-corrected chi connectivity index (χ4v) is 0.946. The number of rotatable bonds is 5. The molecule has 15 heavy (non-hydrogen) atoms. The van der Waals surface area contributed by atoms with E-state index in [4.69, 9.17) is 9.84 Å². The first-order valence-corrected chi connectivity index (χ1v) is 4.34. The van der Waals surface area contributed by atoms with Crippen molar-refractivity contribution in [2.75, 3.05) is 13.2 Å². The van der Waals surface area contributed by atoms with E-state index in [9.17, 15) is 13.6 Å². The SMILES string of the molecule is O=C(CO)CCOc1ccc(F)cc1F. The molecule has 0 radical (unpaired) electrons. The summed E-state index contributed by atoms with van der Waals surface area (Å²) in [6.45, 7) is -0.600. The molecule has 1 aromatic rings. The molecule has 0 aromatic heterocycles. The lowest BCUT2D eigenvalue weighted by molar-refractivity contribution is -0.122. The number of hydrogen-bond donors (Lipinski definition) is 1. The molecule has 0 aliphatic rings. The second-order valence-corrected chi connectivity index (χ2v) is 2.87. The van der Waals surface area contributed by atoms with Crippen molar-refractivity contribution in [2.45, 2.75) is 6.42 Å². The number of benzene rings is 1. The standard InChI is InChI=1S/C10H10F2O3/c11-7-1-2-10(9(12)5-7)15-4-3-8(14)6-13/h1-2,5,13H,3-4,6H2. The summed E-state index contributed by atoms with van der Waals surface area (Å²) in [5.41, 5.74) is 0. The Morgan fingerprint density at radius 1 is 1.40 bits per heavy atom. The molecule has 0 saturated carbocycles. The summed E-state index contributed by atoms with van der Waals surface area (Å²) in [5, 5.41) is 8.39. The van der Waals surface area contributed by atoms with Gasteiger partial charge in [-0.3, -0.25) is 4.79 Å². The number of halogens is 2. The highest BCUT2D eigenvalue weighted by molar-refractivity contribution is 5.79. The molecule has 0 aliphatic heterocycles. The first-order valence-electron chi connectivity index (χ1n) is 4.34. The van der Waals surface area contributed by atoms with Gasteiger partial charge in [-0.25, -0.2) is 8.78 Å². The molecule has 5 heteroatoms. The number of aliphatic hydroxyl groups is 1. The van der Waals surface area contributed by atoms with Crippen LogP contribution in [0.5, 0.6) is 5.75 Å². The van der Waals surface area contributed by atoms with Gasteiger partial charge < -0.3 is 9.84 Å². The summed E-state index contributed by atoms with van der Waals surface area (Å²) in [7, 11) is 0. The van der Waals surface area contributed by atoms with Crippen molar-refractivity contribution in [1.82, 2.24) is 0 Å². The van der Waals surface area contributed by atoms with Gasteiger partial charge in [0.15, 0.2) is 17.3 Å². The third kappa shape index (κ3) is 3.63. The molecule has 0 spiro atoms. The predicted molar refractivity (Wildman–Crippen MR) is 48.6 cm³/mol. The van der Waals surface area contributed by atoms with Gasteiger partial charge in [-0.2, -0.15) is 0 Å². The van der Waals surface area contributed by atoms with Crippen LogP contribution < -0.4 is 4.74 Å². The largest absolute Gasteiger partial charge is 0.490 e. The van der Waals surface area contributed by atoms with Crippen molar-refractivity contribution in [2.24, 2.45) is 0 Å². The Kier molecular flexibility index (Phi) is 4.17. The monoisotopic (exact) mass is 216 g/mol. The Labute approximate surface area is 85.3 Å². The van der Waals surface area contributed by atoms with Crippen LogP contribution in [0.1, 0.15) is 6.42 Å². The molecular weight excluding hydrogens is 206 g/mol. The smallest absolute Gasteiger partial charge is 0.167 e. The van der Waals surface area contributed by atoms with Crippen molar-refractivity contribution in [3.63, 3.8) is 0 Å². The molecule has 0 aliphatic carbocycles. The van der Waals surface area contributed by atoms with Gasteiger partial charge in [-0.15, -0.1) is 0 Å². The first kappa shape index (κ1) is 11.6. The van der Waals surface area contributed by atoms with E-state index in [2.05, 4.69) is 0 Å². The number of ketones is 1. The van der Waals surface area contributed by atoms with E-state index in [1.165, 1.54) is 0 Å². The van der Waals surface area contributed by atoms with Crippen LogP contribution in [0.25, 0.3) is 0 Å². The summed E-state index contributed by atoms with van der Waals surface area (Å²) in [5.74, 6) is -2.00. The Balaban J connectivity index is 2.47. The van der Waals surface area contributed by atoms with E-state index < -0.39 is 24.0 Å². The summed E-state index contributed by atoms with van der Waals surface area (Å²) >= 11 is 0. The third-order valence-electron chi connectivity index (χ3n) is 1.71. The molecule has 3 nitrogen and oxygen atoms in total. The number of carbonyl (C=O) groups excluding carboxylic acids is 1. The predicted octanol–water partition coefficient (Wildman–Crippen LogP) is 1.30. The van der Waals surface area contributed by atoms with Gasteiger partial charge in [0, 0.05) is 12.5 Å². The molecule has 1 N–H and O–H groups in total. The minimum absolute atomic E-state index is 0.00663. The van der Waals surface area contributed by atoms with Gasteiger partial charge in [0.05, 0.1) is 6.61 Å². The maximum atomic E-state index is 13.0. The van der Waals surface area contributed by atoms with E-state index >= 15 is 0 Å². The van der Waals surface area contributed by atoms with E-state index in [-0.39, 0.29) is 18.8 Å². The number of carbonyl (C=O) groups is 1. The Morgan fingerprint density at radius 3 is 2.73 bits per heavy atom. The van der Waals surface area contributed by atoms with Crippen LogP contribution in [0.2, 0.25) is 0 Å². The highest BCUT2D eigenvalue weighted by Gasteiger charge is 2.05. The topological polar surface area (TPSA) is 46.5 Å². The molecular formula is C10H10F2O3. The summed E-state index contributed by atoms with van der Waals surface area (Å²) < 4.78 is 30.3. The number of aliphatic hydroxyl groups excluding tert-OH is 1. The van der Waals surface area contributed by atoms with Crippen LogP contribution in [-0.2, 0) is 4.79 Å². The lowest BCUT2D eigenvalue weighted by atomic mass is 10.3. The fraction of sp³-hybridized carbons (Fsp3) is 0.300. The van der Waals surface area contributed by atoms with Crippen LogP contribution in [0.15, 0.2) is 18.2 Å². The van der Waals surface area contributed by atoms with Gasteiger partial charge in [0.25, 0.3) is 0 Å². The highest BCUT2D eigenvalue weighted by atomic mass is 19.1. The third-order valence-corrected chi connectivity index (χ3v) is 1.71. The maximum absolute atomic E-state index is 13.0. The lowest BCUT2D eigenvalue weighted by Gasteiger charge is -2.05. The zero-order valence-electron chi connectivity index (χ0n) is 7.87. The Bertz CT molecular complexity index is 353. The Hall–Kier alpha value is -1.49.